The van der Waals surface area contributed by atoms with Crippen LogP contribution in [0.4, 0.5) is 5.82 Å². The molecule has 106 valence electrons. The third-order valence-electron chi connectivity index (χ3n) is 3.32. The van der Waals surface area contributed by atoms with Gasteiger partial charge in [-0.25, -0.2) is 4.98 Å². The van der Waals surface area contributed by atoms with Gasteiger partial charge in [0.25, 0.3) is 0 Å². The molecule has 4 nitrogen and oxygen atoms in total. The normalized spacial score (nSPS) is 10.4. The van der Waals surface area contributed by atoms with Crippen molar-refractivity contribution in [1.82, 2.24) is 9.97 Å². The summed E-state index contributed by atoms with van der Waals surface area (Å²) in [6.45, 7) is 4.82. The van der Waals surface area contributed by atoms with E-state index >= 15 is 0 Å². The largest absolute Gasteiger partial charge is 0.496 e. The van der Waals surface area contributed by atoms with E-state index in [-0.39, 0.29) is 0 Å². The van der Waals surface area contributed by atoms with Crippen molar-refractivity contribution in [3.63, 3.8) is 0 Å². The predicted octanol–water partition coefficient (Wildman–Crippen LogP) is 2.78. The van der Waals surface area contributed by atoms with E-state index < -0.39 is 0 Å². The zero-order valence-corrected chi connectivity index (χ0v) is 12.6. The molecule has 0 unspecified atom stereocenters. The molecule has 20 heavy (non-hydrogen) atoms. The predicted molar refractivity (Wildman–Crippen MR) is 81.5 cm³/mol. The van der Waals surface area contributed by atoms with Crippen LogP contribution in [0.3, 0.4) is 0 Å². The fraction of sp³-hybridized carbons (Fsp3) is 0.375. The van der Waals surface area contributed by atoms with Crippen LogP contribution >= 0.6 is 0 Å². The van der Waals surface area contributed by atoms with Crippen LogP contribution in [0.5, 0.6) is 5.75 Å². The van der Waals surface area contributed by atoms with Crippen molar-refractivity contribution >= 4 is 5.82 Å². The van der Waals surface area contributed by atoms with Crippen molar-refractivity contribution < 1.29 is 4.74 Å². The number of hydrogen-bond donors (Lipinski definition) is 0. The van der Waals surface area contributed by atoms with Gasteiger partial charge in [0, 0.05) is 19.8 Å². The highest BCUT2D eigenvalue weighted by Crippen LogP contribution is 2.19. The highest BCUT2D eigenvalue weighted by atomic mass is 16.5. The smallest absolute Gasteiger partial charge is 0.150 e. The van der Waals surface area contributed by atoms with Crippen LogP contribution < -0.4 is 9.64 Å². The molecule has 0 atom stereocenters. The number of likely N-dealkylation sites (N-methyl/N-ethyl adjacent to an activating group) is 1. The second-order valence-electron chi connectivity index (χ2n) is 4.90. The number of aromatic nitrogens is 2. The number of ether oxygens (including phenoxy) is 1. The van der Waals surface area contributed by atoms with Crippen molar-refractivity contribution in [2.45, 2.75) is 20.3 Å². The van der Waals surface area contributed by atoms with E-state index in [1.54, 1.807) is 13.3 Å². The SMILES string of the molecule is COc1ccccc1CCN(C)c1nc(C)cnc1C. The van der Waals surface area contributed by atoms with Crippen LogP contribution in [0.1, 0.15) is 17.0 Å². The van der Waals surface area contributed by atoms with Gasteiger partial charge in [-0.2, -0.15) is 0 Å². The fourth-order valence-electron chi connectivity index (χ4n) is 2.19. The molecule has 1 heterocycles. The van der Waals surface area contributed by atoms with Crippen molar-refractivity contribution in [3.05, 3.63) is 47.4 Å². The van der Waals surface area contributed by atoms with E-state index in [1.165, 1.54) is 5.56 Å². The van der Waals surface area contributed by atoms with Gasteiger partial charge < -0.3 is 9.64 Å². The number of para-hydroxylation sites is 1. The summed E-state index contributed by atoms with van der Waals surface area (Å²) in [4.78, 5) is 11.1. The van der Waals surface area contributed by atoms with Crippen LogP contribution in [-0.2, 0) is 6.42 Å². The van der Waals surface area contributed by atoms with E-state index in [9.17, 15) is 0 Å². The highest BCUT2D eigenvalue weighted by molar-refractivity contribution is 5.43. The molecule has 0 aliphatic carbocycles. The van der Waals surface area contributed by atoms with Crippen LogP contribution in [-0.4, -0.2) is 30.7 Å². The molecule has 0 radical (unpaired) electrons. The maximum atomic E-state index is 5.38. The van der Waals surface area contributed by atoms with Crippen LogP contribution in [0, 0.1) is 13.8 Å². The Morgan fingerprint density at radius 2 is 1.95 bits per heavy atom. The standard InChI is InChI=1S/C16H21N3O/c1-12-11-17-13(2)16(18-12)19(3)10-9-14-7-5-6-8-15(14)20-4/h5-8,11H,9-10H2,1-4H3. The van der Waals surface area contributed by atoms with Gasteiger partial charge in [0.15, 0.2) is 0 Å². The molecule has 2 aromatic rings. The first-order valence-electron chi connectivity index (χ1n) is 6.75. The summed E-state index contributed by atoms with van der Waals surface area (Å²) in [5.74, 6) is 1.88. The van der Waals surface area contributed by atoms with Gasteiger partial charge in [-0.15, -0.1) is 0 Å². The zero-order chi connectivity index (χ0) is 14.5. The van der Waals surface area contributed by atoms with E-state index in [0.717, 1.165) is 35.9 Å². The molecule has 0 N–H and O–H groups in total. The third-order valence-corrected chi connectivity index (χ3v) is 3.32. The first-order chi connectivity index (χ1) is 9.61. The minimum Gasteiger partial charge on any atom is -0.496 e. The lowest BCUT2D eigenvalue weighted by Gasteiger charge is -2.20. The highest BCUT2D eigenvalue weighted by Gasteiger charge is 2.09. The second-order valence-corrected chi connectivity index (χ2v) is 4.90. The number of methoxy groups -OCH3 is 1. The summed E-state index contributed by atoms with van der Waals surface area (Å²) < 4.78 is 5.38. The lowest BCUT2D eigenvalue weighted by Crippen LogP contribution is -2.23. The maximum absolute atomic E-state index is 5.38. The van der Waals surface area contributed by atoms with Gasteiger partial charge >= 0.3 is 0 Å². The summed E-state index contributed by atoms with van der Waals surface area (Å²) in [7, 11) is 3.75. The summed E-state index contributed by atoms with van der Waals surface area (Å²) in [6.07, 6.45) is 2.71. The van der Waals surface area contributed by atoms with Gasteiger partial charge in [0.2, 0.25) is 0 Å². The van der Waals surface area contributed by atoms with Gasteiger partial charge in [0.05, 0.1) is 18.5 Å². The number of rotatable bonds is 5. The maximum Gasteiger partial charge on any atom is 0.150 e. The minimum absolute atomic E-state index is 0.874. The molecule has 0 fully saturated rings. The zero-order valence-electron chi connectivity index (χ0n) is 12.6. The lowest BCUT2D eigenvalue weighted by atomic mass is 10.1. The topological polar surface area (TPSA) is 38.2 Å². The van der Waals surface area contributed by atoms with E-state index in [0.29, 0.717) is 0 Å². The third kappa shape index (κ3) is 3.26. The molecule has 0 amide bonds. The van der Waals surface area contributed by atoms with E-state index in [2.05, 4.69) is 20.9 Å². The van der Waals surface area contributed by atoms with Gasteiger partial charge in [-0.1, -0.05) is 18.2 Å². The fourth-order valence-corrected chi connectivity index (χ4v) is 2.19. The molecule has 0 bridgehead atoms. The van der Waals surface area contributed by atoms with Gasteiger partial charge in [-0.3, -0.25) is 4.98 Å². The van der Waals surface area contributed by atoms with Gasteiger partial charge in [0.1, 0.15) is 11.6 Å². The molecule has 4 heteroatoms. The number of hydrogen-bond acceptors (Lipinski definition) is 4. The molecule has 2 rings (SSSR count). The molecule has 0 saturated heterocycles. The molecular formula is C16H21N3O. The molecule has 1 aromatic carbocycles. The lowest BCUT2D eigenvalue weighted by molar-refractivity contribution is 0.409. The summed E-state index contributed by atoms with van der Waals surface area (Å²) in [5, 5.41) is 0. The van der Waals surface area contributed by atoms with Gasteiger partial charge in [-0.05, 0) is 31.9 Å². The Labute approximate surface area is 120 Å². The summed E-state index contributed by atoms with van der Waals surface area (Å²) in [5.41, 5.74) is 3.10. The molecule has 0 aliphatic rings. The average molecular weight is 271 g/mol. The van der Waals surface area contributed by atoms with Crippen LogP contribution in [0.2, 0.25) is 0 Å². The number of benzene rings is 1. The molecule has 0 aliphatic heterocycles. The Morgan fingerprint density at radius 3 is 2.70 bits per heavy atom. The van der Waals surface area contributed by atoms with Crippen LogP contribution in [0.25, 0.3) is 0 Å². The number of aryl methyl sites for hydroxylation is 2. The van der Waals surface area contributed by atoms with E-state index in [4.69, 9.17) is 4.74 Å². The number of anilines is 1. The van der Waals surface area contributed by atoms with Crippen molar-refractivity contribution in [2.24, 2.45) is 0 Å². The first kappa shape index (κ1) is 14.3. The Balaban J connectivity index is 2.08. The Hall–Kier alpha value is -2.10. The Kier molecular flexibility index (Phi) is 4.56. The number of nitrogens with zero attached hydrogens (tertiary/aromatic N) is 3. The van der Waals surface area contributed by atoms with E-state index in [1.807, 2.05) is 39.1 Å². The second kappa shape index (κ2) is 6.37. The molecule has 1 aromatic heterocycles. The van der Waals surface area contributed by atoms with Crippen LogP contribution in [0.15, 0.2) is 30.5 Å². The average Bonchev–Trinajstić information content (AvgIpc) is 2.47. The minimum atomic E-state index is 0.874. The summed E-state index contributed by atoms with van der Waals surface area (Å²) in [6, 6.07) is 8.12. The van der Waals surface area contributed by atoms with Crippen molar-refractivity contribution in [3.8, 4) is 5.75 Å². The first-order valence-corrected chi connectivity index (χ1v) is 6.75. The molecule has 0 spiro atoms. The summed E-state index contributed by atoms with van der Waals surface area (Å²) >= 11 is 0. The Bertz CT molecular complexity index is 584. The quantitative estimate of drug-likeness (QED) is 0.838. The van der Waals surface area contributed by atoms with Crippen molar-refractivity contribution in [2.75, 3.05) is 25.6 Å². The molecular weight excluding hydrogens is 250 g/mol. The molecule has 0 saturated carbocycles. The van der Waals surface area contributed by atoms with Crippen molar-refractivity contribution in [1.29, 1.82) is 0 Å². The monoisotopic (exact) mass is 271 g/mol. The Morgan fingerprint density at radius 1 is 1.20 bits per heavy atom.